The summed E-state index contributed by atoms with van der Waals surface area (Å²) in [6.45, 7) is 0.478. The average molecular weight is 186 g/mol. The molecule has 0 amide bonds. The normalized spacial score (nSPS) is 15.2. The summed E-state index contributed by atoms with van der Waals surface area (Å²) >= 11 is 0. The molecule has 0 fully saturated rings. The minimum absolute atomic E-state index is 0.505. The van der Waals surface area contributed by atoms with Crippen LogP contribution >= 0.6 is 0 Å². The van der Waals surface area contributed by atoms with Crippen molar-refractivity contribution in [3.63, 3.8) is 0 Å². The summed E-state index contributed by atoms with van der Waals surface area (Å²) in [7, 11) is 0. The lowest BCUT2D eigenvalue weighted by Gasteiger charge is -1.96. The van der Waals surface area contributed by atoms with E-state index in [1.165, 1.54) is 0 Å². The van der Waals surface area contributed by atoms with E-state index in [-0.39, 0.29) is 0 Å². The van der Waals surface area contributed by atoms with Gasteiger partial charge in [0, 0.05) is 6.54 Å². The van der Waals surface area contributed by atoms with Crippen LogP contribution in [0.3, 0.4) is 0 Å². The molecule has 0 saturated heterocycles. The summed E-state index contributed by atoms with van der Waals surface area (Å²) in [5.41, 5.74) is 4.77. The van der Waals surface area contributed by atoms with Crippen molar-refractivity contribution in [1.29, 1.82) is 0 Å². The molecule has 1 rings (SSSR count). The maximum Gasteiger partial charge on any atom is 0.322 e. The second-order valence-corrected chi connectivity index (χ2v) is 2.32. The summed E-state index contributed by atoms with van der Waals surface area (Å²) < 4.78 is 0. The van der Waals surface area contributed by atoms with Crippen molar-refractivity contribution in [1.82, 2.24) is 5.32 Å². The van der Waals surface area contributed by atoms with E-state index in [0.717, 1.165) is 6.54 Å². The van der Waals surface area contributed by atoms with Crippen molar-refractivity contribution in [2.45, 2.75) is 6.04 Å². The van der Waals surface area contributed by atoms with E-state index in [0.29, 0.717) is 0 Å². The van der Waals surface area contributed by atoms with E-state index in [1.807, 2.05) is 18.4 Å². The maximum atomic E-state index is 9.65. The Bertz CT molecular complexity index is 190. The van der Waals surface area contributed by atoms with Crippen molar-refractivity contribution in [2.75, 3.05) is 13.2 Å². The van der Waals surface area contributed by atoms with Gasteiger partial charge in [-0.1, -0.05) is 12.2 Å². The lowest BCUT2D eigenvalue weighted by molar-refractivity contribution is -0.139. The highest BCUT2D eigenvalue weighted by Gasteiger charge is 2.06. The molecule has 13 heavy (non-hydrogen) atoms. The highest BCUT2D eigenvalue weighted by molar-refractivity contribution is 5.73. The van der Waals surface area contributed by atoms with Crippen molar-refractivity contribution >= 4 is 5.97 Å². The summed E-state index contributed by atoms with van der Waals surface area (Å²) in [6.07, 6.45) is 8.00. The Kier molecular flexibility index (Phi) is 6.58. The highest BCUT2D eigenvalue weighted by atomic mass is 16.4. The Balaban J connectivity index is 0.000000223. The molecule has 1 heterocycles. The molecule has 1 unspecified atom stereocenters. The number of nitrogens with one attached hydrogen (secondary N) is 1. The summed E-state index contributed by atoms with van der Waals surface area (Å²) in [5.74, 6) is -1.18. The first-order valence-electron chi connectivity index (χ1n) is 3.82. The van der Waals surface area contributed by atoms with Crippen LogP contribution in [0.1, 0.15) is 0 Å². The van der Waals surface area contributed by atoms with Crippen LogP contribution in [0, 0.1) is 0 Å². The Morgan fingerprint density at radius 2 is 2.31 bits per heavy atom. The smallest absolute Gasteiger partial charge is 0.322 e. The SMILES string of the molecule is C1=CCNC=C1.NC(CO)C(=O)O. The Hall–Kier alpha value is -1.33. The number of carboxylic acids is 1. The fourth-order valence-electron chi connectivity index (χ4n) is 0.484. The summed E-state index contributed by atoms with van der Waals surface area (Å²) in [4.78, 5) is 9.65. The number of allylic oxidation sites excluding steroid dienone is 2. The van der Waals surface area contributed by atoms with Crippen LogP contribution in [-0.4, -0.2) is 35.4 Å². The van der Waals surface area contributed by atoms with Crippen LogP contribution in [0.4, 0.5) is 0 Å². The van der Waals surface area contributed by atoms with Gasteiger partial charge < -0.3 is 21.3 Å². The first-order valence-corrected chi connectivity index (χ1v) is 3.82. The molecule has 5 heteroatoms. The molecule has 0 saturated carbocycles. The van der Waals surface area contributed by atoms with Crippen molar-refractivity contribution in [3.05, 3.63) is 24.4 Å². The molecule has 0 aliphatic carbocycles. The molecule has 0 radical (unpaired) electrons. The molecule has 1 aliphatic rings. The first kappa shape index (κ1) is 11.7. The fraction of sp³-hybridized carbons (Fsp3) is 0.375. The minimum Gasteiger partial charge on any atom is -0.480 e. The molecule has 0 aromatic carbocycles. The van der Waals surface area contributed by atoms with Crippen molar-refractivity contribution < 1.29 is 15.0 Å². The van der Waals surface area contributed by atoms with Gasteiger partial charge in [-0.15, -0.1) is 0 Å². The monoisotopic (exact) mass is 186 g/mol. The number of aliphatic hydroxyl groups excluding tert-OH is 1. The van der Waals surface area contributed by atoms with Crippen LogP contribution < -0.4 is 11.1 Å². The second-order valence-electron chi connectivity index (χ2n) is 2.32. The van der Waals surface area contributed by atoms with E-state index in [9.17, 15) is 4.79 Å². The molecule has 0 aromatic rings. The molecule has 0 bridgehead atoms. The van der Waals surface area contributed by atoms with E-state index in [1.54, 1.807) is 0 Å². The molecule has 1 atom stereocenters. The number of carboxylic acid groups (broad SMARTS) is 1. The standard InChI is InChI=1S/C5H7N.C3H7NO3/c1-2-4-6-5-3-1;4-2(1-5)3(6)7/h1-4,6H,5H2;2,5H,1,4H2,(H,6,7). The zero-order chi connectivity index (χ0) is 10.1. The van der Waals surface area contributed by atoms with Crippen LogP contribution in [0.5, 0.6) is 0 Å². The van der Waals surface area contributed by atoms with Gasteiger partial charge in [-0.05, 0) is 12.3 Å². The highest BCUT2D eigenvalue weighted by Crippen LogP contribution is 1.78. The topological polar surface area (TPSA) is 95.6 Å². The van der Waals surface area contributed by atoms with Gasteiger partial charge in [-0.25, -0.2) is 0 Å². The van der Waals surface area contributed by atoms with E-state index in [2.05, 4.69) is 11.4 Å². The van der Waals surface area contributed by atoms with Gasteiger partial charge in [0.25, 0.3) is 0 Å². The zero-order valence-electron chi connectivity index (χ0n) is 7.18. The number of hydrogen-bond acceptors (Lipinski definition) is 4. The Morgan fingerprint density at radius 3 is 2.38 bits per heavy atom. The van der Waals surface area contributed by atoms with Crippen LogP contribution in [0.25, 0.3) is 0 Å². The third-order valence-corrected chi connectivity index (χ3v) is 1.21. The number of rotatable bonds is 2. The van der Waals surface area contributed by atoms with E-state index >= 15 is 0 Å². The van der Waals surface area contributed by atoms with Gasteiger partial charge in [-0.3, -0.25) is 4.79 Å². The lowest BCUT2D eigenvalue weighted by Crippen LogP contribution is -2.33. The number of nitrogens with two attached hydrogens (primary N) is 1. The lowest BCUT2D eigenvalue weighted by atomic mass is 10.3. The fourth-order valence-corrected chi connectivity index (χ4v) is 0.484. The molecular formula is C8H14N2O3. The molecule has 1 aliphatic heterocycles. The predicted octanol–water partition coefficient (Wildman–Crippen LogP) is -0.950. The van der Waals surface area contributed by atoms with Gasteiger partial charge >= 0.3 is 5.97 Å². The largest absolute Gasteiger partial charge is 0.480 e. The molecule has 74 valence electrons. The van der Waals surface area contributed by atoms with Gasteiger partial charge in [-0.2, -0.15) is 0 Å². The van der Waals surface area contributed by atoms with Gasteiger partial charge in [0.2, 0.25) is 0 Å². The second kappa shape index (κ2) is 7.33. The number of aliphatic carboxylic acids is 1. The number of carbonyl (C=O) groups is 1. The van der Waals surface area contributed by atoms with Crippen molar-refractivity contribution in [3.8, 4) is 0 Å². The number of dihydropyridines is 1. The summed E-state index contributed by atoms with van der Waals surface area (Å²) in [5, 5.41) is 18.9. The third kappa shape index (κ3) is 7.04. The van der Waals surface area contributed by atoms with E-state index < -0.39 is 18.6 Å². The molecular weight excluding hydrogens is 172 g/mol. The zero-order valence-corrected chi connectivity index (χ0v) is 7.18. The van der Waals surface area contributed by atoms with Gasteiger partial charge in [0.15, 0.2) is 0 Å². The number of hydrogen-bond donors (Lipinski definition) is 4. The summed E-state index contributed by atoms with van der Waals surface area (Å²) in [6, 6.07) is -1.13. The Morgan fingerprint density at radius 1 is 1.62 bits per heavy atom. The maximum absolute atomic E-state index is 9.65. The first-order chi connectivity index (χ1) is 6.18. The quantitative estimate of drug-likeness (QED) is 0.446. The molecule has 5 nitrogen and oxygen atoms in total. The van der Waals surface area contributed by atoms with Gasteiger partial charge in [0.05, 0.1) is 6.61 Å². The van der Waals surface area contributed by atoms with Gasteiger partial charge in [0.1, 0.15) is 6.04 Å². The molecule has 0 spiro atoms. The van der Waals surface area contributed by atoms with Crippen molar-refractivity contribution in [2.24, 2.45) is 5.73 Å². The third-order valence-electron chi connectivity index (χ3n) is 1.21. The number of aliphatic hydroxyl groups is 1. The van der Waals surface area contributed by atoms with E-state index in [4.69, 9.17) is 15.9 Å². The molecule has 5 N–H and O–H groups in total. The predicted molar refractivity (Wildman–Crippen MR) is 49.0 cm³/mol. The Labute approximate surface area is 76.6 Å². The van der Waals surface area contributed by atoms with Crippen LogP contribution in [0.2, 0.25) is 0 Å². The van der Waals surface area contributed by atoms with Crippen LogP contribution in [-0.2, 0) is 4.79 Å². The molecule has 0 aromatic heterocycles. The van der Waals surface area contributed by atoms with Crippen LogP contribution in [0.15, 0.2) is 24.4 Å². The average Bonchev–Trinajstić information content (AvgIpc) is 2.20. The minimum atomic E-state index is -1.18.